The average Bonchev–Trinajstić information content (AvgIpc) is 2.38. The smallest absolute Gasteiger partial charge is 0.244 e. The molecule has 1 rings (SSSR count). The third-order valence-corrected chi connectivity index (χ3v) is 4.14. The number of benzene rings is 1. The maximum Gasteiger partial charge on any atom is 0.244 e. The summed E-state index contributed by atoms with van der Waals surface area (Å²) in [6.45, 7) is 4.97. The van der Waals surface area contributed by atoms with Crippen LogP contribution < -0.4 is 20.5 Å². The van der Waals surface area contributed by atoms with Gasteiger partial charge in [0.05, 0.1) is 13.7 Å². The van der Waals surface area contributed by atoms with Crippen LogP contribution in [0.3, 0.4) is 0 Å². The van der Waals surface area contributed by atoms with Crippen molar-refractivity contribution in [2.75, 3.05) is 19.4 Å². The van der Waals surface area contributed by atoms with E-state index in [0.717, 1.165) is 0 Å². The highest BCUT2D eigenvalue weighted by Crippen LogP contribution is 2.28. The number of sulfonamides is 1. The molecule has 118 valence electrons. The van der Waals surface area contributed by atoms with Gasteiger partial charge in [-0.15, -0.1) is 0 Å². The Hall–Kier alpha value is -1.80. The lowest BCUT2D eigenvalue weighted by atomic mass is 10.2. The number of amides is 1. The van der Waals surface area contributed by atoms with Gasteiger partial charge in [0.25, 0.3) is 0 Å². The number of methoxy groups -OCH3 is 1. The molecule has 0 aliphatic rings. The van der Waals surface area contributed by atoms with Crippen molar-refractivity contribution in [2.45, 2.75) is 31.7 Å². The number of aryl methyl sites for hydroxylation is 1. The van der Waals surface area contributed by atoms with E-state index < -0.39 is 15.9 Å². The van der Waals surface area contributed by atoms with E-state index in [1.165, 1.54) is 19.2 Å². The van der Waals surface area contributed by atoms with Crippen molar-refractivity contribution in [3.8, 4) is 5.75 Å². The first kappa shape index (κ1) is 17.3. The summed E-state index contributed by atoms with van der Waals surface area (Å²) in [5.74, 6) is -0.230. The van der Waals surface area contributed by atoms with Crippen molar-refractivity contribution in [1.29, 1.82) is 0 Å². The maximum atomic E-state index is 12.2. The molecule has 0 radical (unpaired) electrons. The zero-order valence-electron chi connectivity index (χ0n) is 12.6. The van der Waals surface area contributed by atoms with Crippen LogP contribution in [0.5, 0.6) is 5.75 Å². The van der Waals surface area contributed by atoms with Gasteiger partial charge < -0.3 is 15.8 Å². The van der Waals surface area contributed by atoms with Crippen LogP contribution in [-0.4, -0.2) is 34.0 Å². The van der Waals surface area contributed by atoms with Crippen molar-refractivity contribution >= 4 is 21.6 Å². The SMILES string of the molecule is COc1cc(C)c(N)cc1S(=O)(=O)NCC(=O)NC(C)C. The molecule has 0 spiro atoms. The van der Waals surface area contributed by atoms with Crippen molar-refractivity contribution < 1.29 is 17.9 Å². The molecule has 1 aromatic carbocycles. The van der Waals surface area contributed by atoms with E-state index >= 15 is 0 Å². The first-order chi connectivity index (χ1) is 9.67. The van der Waals surface area contributed by atoms with Crippen LogP contribution >= 0.6 is 0 Å². The minimum absolute atomic E-state index is 0.0634. The molecule has 7 nitrogen and oxygen atoms in total. The molecular formula is C13H21N3O4S. The Bertz CT molecular complexity index is 627. The Morgan fingerprint density at radius 1 is 1.38 bits per heavy atom. The van der Waals surface area contributed by atoms with E-state index in [1.807, 2.05) is 0 Å². The minimum Gasteiger partial charge on any atom is -0.495 e. The van der Waals surface area contributed by atoms with Gasteiger partial charge in [0, 0.05) is 11.7 Å². The van der Waals surface area contributed by atoms with Crippen LogP contribution in [0.4, 0.5) is 5.69 Å². The van der Waals surface area contributed by atoms with Crippen LogP contribution in [0.1, 0.15) is 19.4 Å². The molecule has 0 unspecified atom stereocenters. The number of ether oxygens (including phenoxy) is 1. The third kappa shape index (κ3) is 4.61. The summed E-state index contributed by atoms with van der Waals surface area (Å²) < 4.78 is 31.8. The first-order valence-electron chi connectivity index (χ1n) is 6.40. The highest BCUT2D eigenvalue weighted by Gasteiger charge is 2.21. The highest BCUT2D eigenvalue weighted by atomic mass is 32.2. The Balaban J connectivity index is 2.98. The van der Waals surface area contributed by atoms with Gasteiger partial charge >= 0.3 is 0 Å². The first-order valence-corrected chi connectivity index (χ1v) is 7.89. The lowest BCUT2D eigenvalue weighted by Crippen LogP contribution is -2.39. The average molecular weight is 315 g/mol. The van der Waals surface area contributed by atoms with Gasteiger partial charge in [-0.25, -0.2) is 13.1 Å². The van der Waals surface area contributed by atoms with Crippen LogP contribution in [-0.2, 0) is 14.8 Å². The van der Waals surface area contributed by atoms with Gasteiger partial charge in [0.2, 0.25) is 15.9 Å². The molecule has 0 aromatic heterocycles. The second kappa shape index (κ2) is 6.77. The Labute approximate surface area is 124 Å². The van der Waals surface area contributed by atoms with Gasteiger partial charge in [-0.05, 0) is 38.5 Å². The zero-order chi connectivity index (χ0) is 16.2. The largest absolute Gasteiger partial charge is 0.495 e. The lowest BCUT2D eigenvalue weighted by molar-refractivity contribution is -0.120. The topological polar surface area (TPSA) is 111 Å². The summed E-state index contributed by atoms with van der Waals surface area (Å²) in [7, 11) is -2.52. The van der Waals surface area contributed by atoms with Gasteiger partial charge in [-0.3, -0.25) is 4.79 Å². The molecular weight excluding hydrogens is 294 g/mol. The number of anilines is 1. The number of hydrogen-bond donors (Lipinski definition) is 3. The summed E-state index contributed by atoms with van der Waals surface area (Å²) in [5, 5.41) is 2.59. The molecule has 0 bridgehead atoms. The van der Waals surface area contributed by atoms with E-state index in [1.54, 1.807) is 20.8 Å². The zero-order valence-corrected chi connectivity index (χ0v) is 13.4. The van der Waals surface area contributed by atoms with Crippen molar-refractivity contribution in [1.82, 2.24) is 10.0 Å². The minimum atomic E-state index is -3.89. The summed E-state index contributed by atoms with van der Waals surface area (Å²) in [6, 6.07) is 2.79. The standard InChI is InChI=1S/C13H21N3O4S/c1-8(2)16-13(17)7-15-21(18,19)12-6-10(14)9(3)5-11(12)20-4/h5-6,8,15H,7,14H2,1-4H3,(H,16,17). The second-order valence-electron chi connectivity index (χ2n) is 4.91. The van der Waals surface area contributed by atoms with Crippen LogP contribution in [0.25, 0.3) is 0 Å². The maximum absolute atomic E-state index is 12.2. The normalized spacial score (nSPS) is 11.5. The van der Waals surface area contributed by atoms with E-state index in [2.05, 4.69) is 10.0 Å². The van der Waals surface area contributed by atoms with E-state index in [0.29, 0.717) is 11.3 Å². The number of hydrogen-bond acceptors (Lipinski definition) is 5. The molecule has 0 saturated heterocycles. The molecule has 0 heterocycles. The van der Waals surface area contributed by atoms with Crippen molar-refractivity contribution in [3.63, 3.8) is 0 Å². The third-order valence-electron chi connectivity index (χ3n) is 2.71. The molecule has 0 aliphatic carbocycles. The number of carbonyl (C=O) groups is 1. The van der Waals surface area contributed by atoms with Gasteiger partial charge in [-0.1, -0.05) is 0 Å². The number of nitrogens with one attached hydrogen (secondary N) is 2. The quantitative estimate of drug-likeness (QED) is 0.658. The molecule has 0 fully saturated rings. The van der Waals surface area contributed by atoms with Crippen LogP contribution in [0.2, 0.25) is 0 Å². The Morgan fingerprint density at radius 2 is 2.00 bits per heavy atom. The summed E-state index contributed by atoms with van der Waals surface area (Å²) >= 11 is 0. The summed E-state index contributed by atoms with van der Waals surface area (Å²) in [6.07, 6.45) is 0. The second-order valence-corrected chi connectivity index (χ2v) is 6.64. The van der Waals surface area contributed by atoms with Gasteiger partial charge in [-0.2, -0.15) is 0 Å². The molecule has 0 atom stereocenters. The molecule has 4 N–H and O–H groups in total. The number of rotatable bonds is 6. The number of carbonyl (C=O) groups excluding carboxylic acids is 1. The number of nitrogens with two attached hydrogens (primary N) is 1. The molecule has 0 saturated carbocycles. The summed E-state index contributed by atoms with van der Waals surface area (Å²) in [4.78, 5) is 11.4. The molecule has 1 aromatic rings. The molecule has 8 heteroatoms. The van der Waals surface area contributed by atoms with Crippen LogP contribution in [0, 0.1) is 6.92 Å². The highest BCUT2D eigenvalue weighted by molar-refractivity contribution is 7.89. The Morgan fingerprint density at radius 3 is 2.52 bits per heavy atom. The van der Waals surface area contributed by atoms with E-state index in [9.17, 15) is 13.2 Å². The molecule has 21 heavy (non-hydrogen) atoms. The monoisotopic (exact) mass is 315 g/mol. The predicted octanol–water partition coefficient (Wildman–Crippen LogP) is 0.389. The number of nitrogen functional groups attached to an aromatic ring is 1. The van der Waals surface area contributed by atoms with Gasteiger partial charge in [0.15, 0.2) is 0 Å². The van der Waals surface area contributed by atoms with Gasteiger partial charge in [0.1, 0.15) is 10.6 Å². The molecule has 1 amide bonds. The molecule has 0 aliphatic heterocycles. The lowest BCUT2D eigenvalue weighted by Gasteiger charge is -2.13. The fraction of sp³-hybridized carbons (Fsp3) is 0.462. The summed E-state index contributed by atoms with van der Waals surface area (Å²) in [5.41, 5.74) is 6.78. The Kier molecular flexibility index (Phi) is 5.56. The fourth-order valence-corrected chi connectivity index (χ4v) is 2.82. The van der Waals surface area contributed by atoms with E-state index in [4.69, 9.17) is 10.5 Å². The predicted molar refractivity (Wildman–Crippen MR) is 80.6 cm³/mol. The van der Waals surface area contributed by atoms with Crippen LogP contribution in [0.15, 0.2) is 17.0 Å². The van der Waals surface area contributed by atoms with E-state index in [-0.39, 0.29) is 23.2 Å². The fourth-order valence-electron chi connectivity index (χ4n) is 1.66. The van der Waals surface area contributed by atoms with Crippen molar-refractivity contribution in [3.05, 3.63) is 17.7 Å². The van der Waals surface area contributed by atoms with Crippen molar-refractivity contribution in [2.24, 2.45) is 0 Å².